The Morgan fingerprint density at radius 2 is 1.85 bits per heavy atom. The third-order valence-corrected chi connectivity index (χ3v) is 2.89. The molecule has 0 aromatic rings. The van der Waals surface area contributed by atoms with Crippen LogP contribution in [0, 0.1) is 0 Å². The highest BCUT2D eigenvalue weighted by Crippen LogP contribution is 1.82. The average Bonchev–Trinajstić information content (AvgIpc) is 2.00. The topological polar surface area (TPSA) is 61.4 Å². The lowest BCUT2D eigenvalue weighted by molar-refractivity contribution is 0.412. The van der Waals surface area contributed by atoms with Crippen molar-refractivity contribution in [2.24, 2.45) is 0 Å². The first-order valence-corrected chi connectivity index (χ1v) is 5.90. The van der Waals surface area contributed by atoms with Gasteiger partial charge in [0.05, 0.1) is 5.75 Å². The van der Waals surface area contributed by atoms with Crippen LogP contribution in [0.2, 0.25) is 0 Å². The van der Waals surface area contributed by atoms with Crippen LogP contribution < -0.4 is 10.0 Å². The van der Waals surface area contributed by atoms with Crippen molar-refractivity contribution < 1.29 is 8.42 Å². The second-order valence-corrected chi connectivity index (χ2v) is 5.05. The van der Waals surface area contributed by atoms with E-state index in [1.807, 2.05) is 19.0 Å². The summed E-state index contributed by atoms with van der Waals surface area (Å²) in [6.07, 6.45) is 0. The van der Waals surface area contributed by atoms with Gasteiger partial charge >= 0.3 is 0 Å². The summed E-state index contributed by atoms with van der Waals surface area (Å²) in [5, 5.41) is 2.79. The van der Waals surface area contributed by atoms with Crippen LogP contribution in [0.25, 0.3) is 0 Å². The van der Waals surface area contributed by atoms with E-state index in [0.717, 1.165) is 6.54 Å². The van der Waals surface area contributed by atoms with Crippen LogP contribution in [0.15, 0.2) is 0 Å². The van der Waals surface area contributed by atoms with E-state index in [4.69, 9.17) is 0 Å². The summed E-state index contributed by atoms with van der Waals surface area (Å²) < 4.78 is 24.9. The lowest BCUT2D eigenvalue weighted by Gasteiger charge is -2.10. The van der Waals surface area contributed by atoms with Crippen molar-refractivity contribution in [3.05, 3.63) is 0 Å². The Labute approximate surface area is 80.5 Å². The van der Waals surface area contributed by atoms with Gasteiger partial charge in [-0.2, -0.15) is 0 Å². The van der Waals surface area contributed by atoms with E-state index in [2.05, 4.69) is 10.0 Å². The van der Waals surface area contributed by atoms with Gasteiger partial charge in [-0.1, -0.05) is 0 Å². The van der Waals surface area contributed by atoms with E-state index >= 15 is 0 Å². The Hall–Kier alpha value is -0.170. The number of hydrogen-bond donors (Lipinski definition) is 2. The molecule has 0 aliphatic rings. The number of nitrogens with zero attached hydrogens (tertiary/aromatic N) is 1. The molecule has 0 heterocycles. The van der Waals surface area contributed by atoms with Gasteiger partial charge in [-0.3, -0.25) is 0 Å². The molecule has 0 fully saturated rings. The van der Waals surface area contributed by atoms with E-state index in [-0.39, 0.29) is 5.75 Å². The molecule has 13 heavy (non-hydrogen) atoms. The van der Waals surface area contributed by atoms with Gasteiger partial charge in [-0.15, -0.1) is 0 Å². The van der Waals surface area contributed by atoms with Gasteiger partial charge in [-0.25, -0.2) is 13.1 Å². The van der Waals surface area contributed by atoms with Crippen LogP contribution in [-0.4, -0.2) is 59.8 Å². The molecule has 80 valence electrons. The Kier molecular flexibility index (Phi) is 6.23. The molecule has 0 aliphatic carbocycles. The number of nitrogens with one attached hydrogen (secondary N) is 2. The quantitative estimate of drug-likeness (QED) is 0.546. The zero-order chi connectivity index (χ0) is 10.3. The number of rotatable bonds is 7. The fraction of sp³-hybridized carbons (Fsp3) is 1.00. The zero-order valence-corrected chi connectivity index (χ0v) is 9.32. The molecule has 0 unspecified atom stereocenters. The fourth-order valence-electron chi connectivity index (χ4n) is 0.733. The van der Waals surface area contributed by atoms with Crippen LogP contribution in [0.5, 0.6) is 0 Å². The van der Waals surface area contributed by atoms with Gasteiger partial charge in [0.1, 0.15) is 0 Å². The van der Waals surface area contributed by atoms with E-state index in [1.165, 1.54) is 0 Å². The molecule has 0 rings (SSSR count). The van der Waals surface area contributed by atoms with Crippen LogP contribution >= 0.6 is 0 Å². The maximum atomic E-state index is 11.2. The molecule has 0 aromatic heterocycles. The summed E-state index contributed by atoms with van der Waals surface area (Å²) in [5.74, 6) is 0.136. The Morgan fingerprint density at radius 1 is 1.23 bits per heavy atom. The van der Waals surface area contributed by atoms with Crippen molar-refractivity contribution in [2.45, 2.75) is 0 Å². The van der Waals surface area contributed by atoms with Gasteiger partial charge in [0, 0.05) is 19.6 Å². The maximum absolute atomic E-state index is 11.2. The van der Waals surface area contributed by atoms with E-state index in [9.17, 15) is 8.42 Å². The van der Waals surface area contributed by atoms with E-state index in [1.54, 1.807) is 7.05 Å². The van der Waals surface area contributed by atoms with Crippen molar-refractivity contribution in [3.63, 3.8) is 0 Å². The molecule has 0 saturated carbocycles. The van der Waals surface area contributed by atoms with Crippen molar-refractivity contribution in [1.29, 1.82) is 0 Å². The highest BCUT2D eigenvalue weighted by Gasteiger charge is 2.07. The number of likely N-dealkylation sites (N-methyl/N-ethyl adjacent to an activating group) is 1. The summed E-state index contributed by atoms with van der Waals surface area (Å²) in [6, 6.07) is 0. The van der Waals surface area contributed by atoms with Crippen molar-refractivity contribution in [2.75, 3.05) is 46.5 Å². The molecule has 6 heteroatoms. The molecule has 0 amide bonds. The molecule has 0 spiro atoms. The predicted molar refractivity (Wildman–Crippen MR) is 54.3 cm³/mol. The molecule has 0 bridgehead atoms. The lowest BCUT2D eigenvalue weighted by Crippen LogP contribution is -2.35. The fourth-order valence-corrected chi connectivity index (χ4v) is 1.75. The monoisotopic (exact) mass is 209 g/mol. The summed E-state index contributed by atoms with van der Waals surface area (Å²) >= 11 is 0. The first kappa shape index (κ1) is 12.8. The molecule has 5 nitrogen and oxygen atoms in total. The third kappa shape index (κ3) is 8.17. The van der Waals surface area contributed by atoms with Crippen LogP contribution in [0.4, 0.5) is 0 Å². The number of hydrogen-bond acceptors (Lipinski definition) is 4. The summed E-state index contributed by atoms with van der Waals surface area (Å²) in [6.45, 7) is 1.68. The second-order valence-electron chi connectivity index (χ2n) is 3.12. The molecular weight excluding hydrogens is 190 g/mol. The minimum absolute atomic E-state index is 0.136. The highest BCUT2D eigenvalue weighted by molar-refractivity contribution is 7.89. The molecule has 0 aromatic carbocycles. The number of sulfonamides is 1. The first-order valence-electron chi connectivity index (χ1n) is 4.24. The predicted octanol–water partition coefficient (Wildman–Crippen LogP) is -1.31. The van der Waals surface area contributed by atoms with Crippen molar-refractivity contribution in [3.8, 4) is 0 Å². The third-order valence-electron chi connectivity index (χ3n) is 1.50. The molecular formula is C7H19N3O2S. The maximum Gasteiger partial charge on any atom is 0.212 e. The molecule has 0 atom stereocenters. The Bertz CT molecular complexity index is 214. The Balaban J connectivity index is 3.64. The van der Waals surface area contributed by atoms with Crippen molar-refractivity contribution >= 4 is 10.0 Å². The van der Waals surface area contributed by atoms with Crippen LogP contribution in [-0.2, 0) is 10.0 Å². The minimum atomic E-state index is -3.08. The molecule has 0 radical (unpaired) electrons. The normalized spacial score (nSPS) is 12.3. The van der Waals surface area contributed by atoms with Gasteiger partial charge in [0.25, 0.3) is 0 Å². The molecule has 0 aliphatic heterocycles. The van der Waals surface area contributed by atoms with E-state index in [0.29, 0.717) is 13.1 Å². The highest BCUT2D eigenvalue weighted by atomic mass is 32.2. The smallest absolute Gasteiger partial charge is 0.212 e. The summed E-state index contributed by atoms with van der Waals surface area (Å²) in [4.78, 5) is 1.93. The first-order chi connectivity index (χ1) is 5.98. The lowest BCUT2D eigenvalue weighted by atomic mass is 10.6. The van der Waals surface area contributed by atoms with Crippen LogP contribution in [0.1, 0.15) is 0 Å². The second kappa shape index (κ2) is 6.31. The average molecular weight is 209 g/mol. The van der Waals surface area contributed by atoms with Crippen molar-refractivity contribution in [1.82, 2.24) is 14.9 Å². The van der Waals surface area contributed by atoms with Crippen LogP contribution in [0.3, 0.4) is 0 Å². The van der Waals surface area contributed by atoms with Gasteiger partial charge in [0.15, 0.2) is 0 Å². The summed E-state index contributed by atoms with van der Waals surface area (Å²) in [5.41, 5.74) is 0. The van der Waals surface area contributed by atoms with Gasteiger partial charge < -0.3 is 10.2 Å². The minimum Gasteiger partial charge on any atom is -0.319 e. The zero-order valence-electron chi connectivity index (χ0n) is 8.50. The van der Waals surface area contributed by atoms with Gasteiger partial charge in [0.2, 0.25) is 10.0 Å². The largest absolute Gasteiger partial charge is 0.319 e. The SMILES string of the molecule is CNCCS(=O)(=O)NCCN(C)C. The van der Waals surface area contributed by atoms with E-state index < -0.39 is 10.0 Å². The molecule has 2 N–H and O–H groups in total. The standard InChI is InChI=1S/C7H19N3O2S/c1-8-5-7-13(11,12)9-4-6-10(2)3/h8-9H,4-7H2,1-3H3. The summed E-state index contributed by atoms with van der Waals surface area (Å²) in [7, 11) is 2.46. The molecule has 0 saturated heterocycles. The van der Waals surface area contributed by atoms with Gasteiger partial charge in [-0.05, 0) is 21.1 Å². The Morgan fingerprint density at radius 3 is 2.31 bits per heavy atom.